The van der Waals surface area contributed by atoms with Crippen molar-refractivity contribution >= 4 is 12.1 Å². The first-order valence-corrected chi connectivity index (χ1v) is 16.5. The second kappa shape index (κ2) is 17.2. The van der Waals surface area contributed by atoms with Crippen LogP contribution in [0, 0.1) is 11.8 Å². The third-order valence-corrected chi connectivity index (χ3v) is 8.99. The van der Waals surface area contributed by atoms with Gasteiger partial charge in [0.05, 0.1) is 37.4 Å². The number of fused-ring (bicyclic) bond motifs is 4. The number of carbonyl (C=O) groups excluding carboxylic acids is 2. The Kier molecular flexibility index (Phi) is 13.4. The Morgan fingerprint density at radius 1 is 1.00 bits per heavy atom. The van der Waals surface area contributed by atoms with Gasteiger partial charge in [0, 0.05) is 38.5 Å². The fourth-order valence-corrected chi connectivity index (χ4v) is 6.52. The zero-order valence-corrected chi connectivity index (χ0v) is 26.1. The minimum atomic E-state index is -0.338. The van der Waals surface area contributed by atoms with Gasteiger partial charge in [0.15, 0.2) is 0 Å². The second-order valence-corrected chi connectivity index (χ2v) is 12.7. The van der Waals surface area contributed by atoms with Crippen LogP contribution in [0.25, 0.3) is 0 Å². The number of rotatable bonds is 6. The van der Waals surface area contributed by atoms with Crippen LogP contribution in [0.3, 0.4) is 0 Å². The van der Waals surface area contributed by atoms with Gasteiger partial charge in [-0.1, -0.05) is 43.7 Å². The Balaban J connectivity index is 1.33. The predicted molar refractivity (Wildman–Crippen MR) is 164 cm³/mol. The third-order valence-electron chi connectivity index (χ3n) is 8.99. The molecule has 4 aliphatic heterocycles. The first-order chi connectivity index (χ1) is 20.4. The van der Waals surface area contributed by atoms with Crippen molar-refractivity contribution in [2.45, 2.75) is 122 Å². The summed E-state index contributed by atoms with van der Waals surface area (Å²) in [5.41, 5.74) is 1.36. The molecule has 0 aromatic heterocycles. The molecule has 0 saturated carbocycles. The van der Waals surface area contributed by atoms with E-state index in [9.17, 15) is 9.59 Å². The summed E-state index contributed by atoms with van der Waals surface area (Å²) in [5, 5.41) is 3.24. The lowest BCUT2D eigenvalue weighted by Gasteiger charge is -2.37. The average Bonchev–Trinajstić information content (AvgIpc) is 2.98. The van der Waals surface area contributed by atoms with E-state index in [1.54, 1.807) is 4.90 Å². The number of carbonyl (C=O) groups is 2. The number of unbranched alkanes of at least 4 members (excludes halogenated alkanes) is 2. The molecule has 4 bridgehead atoms. The molecule has 0 aromatic carbocycles. The van der Waals surface area contributed by atoms with E-state index in [0.29, 0.717) is 25.6 Å². The lowest BCUT2D eigenvalue weighted by atomic mass is 9.90. The van der Waals surface area contributed by atoms with Crippen molar-refractivity contribution in [2.24, 2.45) is 11.8 Å². The summed E-state index contributed by atoms with van der Waals surface area (Å²) >= 11 is 0. The first kappa shape index (κ1) is 32.7. The number of amides is 1. The highest BCUT2D eigenvalue weighted by atomic mass is 16.6. The molecule has 0 spiro atoms. The SMILES string of the molecule is C/C=C1\CC2CC(=O)OC(/C=C/CCCCOC(=O)N3CCNCC3)C(C)/C=C/C(C)CC3CCCC(CC(C1)O2)O3. The molecule has 0 aliphatic carbocycles. The topological polar surface area (TPSA) is 86.3 Å². The van der Waals surface area contributed by atoms with E-state index in [2.05, 4.69) is 50.4 Å². The highest BCUT2D eigenvalue weighted by Crippen LogP contribution is 2.33. The van der Waals surface area contributed by atoms with Crippen LogP contribution in [0.15, 0.2) is 36.0 Å². The third kappa shape index (κ3) is 10.8. The van der Waals surface area contributed by atoms with E-state index in [1.807, 2.05) is 6.08 Å². The van der Waals surface area contributed by atoms with E-state index in [-0.39, 0.29) is 54.9 Å². The lowest BCUT2D eigenvalue weighted by Crippen LogP contribution is -2.46. The summed E-state index contributed by atoms with van der Waals surface area (Å²) in [6.45, 7) is 9.91. The number of esters is 1. The van der Waals surface area contributed by atoms with E-state index in [0.717, 1.165) is 70.9 Å². The van der Waals surface area contributed by atoms with Crippen LogP contribution in [0.1, 0.15) is 91.4 Å². The van der Waals surface area contributed by atoms with Gasteiger partial charge in [-0.3, -0.25) is 4.79 Å². The normalized spacial score (nSPS) is 35.1. The van der Waals surface area contributed by atoms with Gasteiger partial charge in [-0.05, 0) is 76.7 Å². The molecular weight excluding hydrogens is 532 g/mol. The van der Waals surface area contributed by atoms with Crippen molar-refractivity contribution in [3.05, 3.63) is 36.0 Å². The quantitative estimate of drug-likeness (QED) is 0.228. The molecule has 3 saturated heterocycles. The molecule has 0 radical (unpaired) electrons. The van der Waals surface area contributed by atoms with Gasteiger partial charge in [-0.25, -0.2) is 4.79 Å². The maximum Gasteiger partial charge on any atom is 0.409 e. The van der Waals surface area contributed by atoms with Crippen LogP contribution >= 0.6 is 0 Å². The molecular formula is C34H54N2O6. The van der Waals surface area contributed by atoms with Crippen LogP contribution in [0.2, 0.25) is 0 Å². The molecule has 4 heterocycles. The Hall–Kier alpha value is -2.16. The van der Waals surface area contributed by atoms with E-state index in [4.69, 9.17) is 18.9 Å². The Bertz CT molecular complexity index is 942. The maximum atomic E-state index is 13.2. The van der Waals surface area contributed by atoms with Crippen molar-refractivity contribution in [1.82, 2.24) is 10.2 Å². The molecule has 4 rings (SSSR count). The van der Waals surface area contributed by atoms with Gasteiger partial charge in [0.1, 0.15) is 6.10 Å². The molecule has 8 nitrogen and oxygen atoms in total. The van der Waals surface area contributed by atoms with Crippen LogP contribution in [-0.4, -0.2) is 80.3 Å². The molecule has 236 valence electrons. The highest BCUT2D eigenvalue weighted by Gasteiger charge is 2.32. The van der Waals surface area contributed by atoms with Gasteiger partial charge in [-0.15, -0.1) is 0 Å². The van der Waals surface area contributed by atoms with Crippen molar-refractivity contribution in [2.75, 3.05) is 32.8 Å². The summed E-state index contributed by atoms with van der Waals surface area (Å²) in [6, 6.07) is 0. The number of piperazine rings is 1. The summed E-state index contributed by atoms with van der Waals surface area (Å²) in [6.07, 6.45) is 20.5. The van der Waals surface area contributed by atoms with Crippen molar-refractivity contribution in [1.29, 1.82) is 0 Å². The number of nitrogens with one attached hydrogen (secondary N) is 1. The highest BCUT2D eigenvalue weighted by molar-refractivity contribution is 5.70. The lowest BCUT2D eigenvalue weighted by molar-refractivity contribution is -0.154. The Labute approximate surface area is 253 Å². The molecule has 7 atom stereocenters. The molecule has 0 aromatic rings. The monoisotopic (exact) mass is 586 g/mol. The standard InChI is InChI=1S/C34H54N2O6/c1-4-27-21-30-23-29-11-9-10-28(40-29)20-25(2)13-14-26(3)32(42-33(37)24-31(22-27)41-30)12-7-5-6-8-19-39-34(38)36-17-15-35-16-18-36/h4,7,12-14,25-26,28-32,35H,5-6,8-11,15-24H2,1-3H3/b12-7+,14-13+,27-4-. The van der Waals surface area contributed by atoms with E-state index >= 15 is 0 Å². The minimum absolute atomic E-state index is 0.0479. The van der Waals surface area contributed by atoms with Crippen molar-refractivity contribution in [3.63, 3.8) is 0 Å². The minimum Gasteiger partial charge on any atom is -0.457 e. The summed E-state index contributed by atoms with van der Waals surface area (Å²) in [7, 11) is 0. The summed E-state index contributed by atoms with van der Waals surface area (Å²) < 4.78 is 24.5. The number of allylic oxidation sites excluding steroid dienone is 3. The van der Waals surface area contributed by atoms with Crippen molar-refractivity contribution in [3.8, 4) is 0 Å². The number of hydrogen-bond donors (Lipinski definition) is 1. The number of hydrogen-bond acceptors (Lipinski definition) is 7. The van der Waals surface area contributed by atoms with Crippen LogP contribution in [-0.2, 0) is 23.7 Å². The fraction of sp³-hybridized carbons (Fsp3) is 0.765. The Morgan fingerprint density at radius 3 is 2.52 bits per heavy atom. The molecule has 42 heavy (non-hydrogen) atoms. The molecule has 4 aliphatic rings. The molecule has 3 fully saturated rings. The largest absolute Gasteiger partial charge is 0.457 e. The van der Waals surface area contributed by atoms with Crippen LogP contribution in [0.5, 0.6) is 0 Å². The van der Waals surface area contributed by atoms with Gasteiger partial charge in [-0.2, -0.15) is 0 Å². The number of ether oxygens (including phenoxy) is 4. The van der Waals surface area contributed by atoms with Crippen LogP contribution in [0.4, 0.5) is 4.79 Å². The molecule has 7 unspecified atom stereocenters. The van der Waals surface area contributed by atoms with Gasteiger partial charge in [0.2, 0.25) is 0 Å². The second-order valence-electron chi connectivity index (χ2n) is 12.7. The predicted octanol–water partition coefficient (Wildman–Crippen LogP) is 6.11. The fourth-order valence-electron chi connectivity index (χ4n) is 6.52. The van der Waals surface area contributed by atoms with Gasteiger partial charge in [0.25, 0.3) is 0 Å². The summed E-state index contributed by atoms with van der Waals surface area (Å²) in [4.78, 5) is 27.1. The van der Waals surface area contributed by atoms with Crippen LogP contribution < -0.4 is 5.32 Å². The zero-order chi connectivity index (χ0) is 29.7. The molecule has 1 N–H and O–H groups in total. The maximum absolute atomic E-state index is 13.2. The first-order valence-electron chi connectivity index (χ1n) is 16.5. The zero-order valence-electron chi connectivity index (χ0n) is 26.1. The molecule has 8 heteroatoms. The van der Waals surface area contributed by atoms with E-state index in [1.165, 1.54) is 12.0 Å². The van der Waals surface area contributed by atoms with Crippen molar-refractivity contribution < 1.29 is 28.5 Å². The van der Waals surface area contributed by atoms with E-state index < -0.39 is 0 Å². The number of cyclic esters (lactones) is 1. The average molecular weight is 587 g/mol. The molecule has 1 amide bonds. The Morgan fingerprint density at radius 2 is 1.74 bits per heavy atom. The smallest absolute Gasteiger partial charge is 0.409 e. The number of nitrogens with zero attached hydrogens (tertiary/aromatic N) is 1. The van der Waals surface area contributed by atoms with Gasteiger partial charge >= 0.3 is 12.1 Å². The summed E-state index contributed by atoms with van der Waals surface area (Å²) in [5.74, 6) is 0.227. The van der Waals surface area contributed by atoms with Gasteiger partial charge < -0.3 is 29.2 Å².